The Hall–Kier alpha value is -2.40. The molecule has 4 rings (SSSR count). The molecular formula is C22H27N3O2. The van der Waals surface area contributed by atoms with Crippen LogP contribution in [0.4, 0.5) is 5.69 Å². The highest BCUT2D eigenvalue weighted by molar-refractivity contribution is 5.96. The fraction of sp³-hybridized carbons (Fsp3) is 0.455. The molecule has 2 heterocycles. The molecule has 0 N–H and O–H groups in total. The van der Waals surface area contributed by atoms with Crippen LogP contribution in [0.15, 0.2) is 53.7 Å². The second-order valence-electron chi connectivity index (χ2n) is 7.30. The molecule has 27 heavy (non-hydrogen) atoms. The maximum atomic E-state index is 13.1. The zero-order valence-electron chi connectivity index (χ0n) is 15.7. The Morgan fingerprint density at radius 2 is 1.70 bits per heavy atom. The molecule has 5 nitrogen and oxygen atoms in total. The number of carbonyl (C=O) groups is 1. The van der Waals surface area contributed by atoms with E-state index in [1.54, 1.807) is 4.57 Å². The Balaban J connectivity index is 1.56. The number of morpholine rings is 1. The Morgan fingerprint density at radius 3 is 2.44 bits per heavy atom. The number of pyridine rings is 1. The number of ether oxygens (including phenoxy) is 1. The van der Waals surface area contributed by atoms with Crippen LogP contribution in [-0.2, 0) is 4.74 Å². The predicted octanol–water partition coefficient (Wildman–Crippen LogP) is 3.25. The number of carbonyl (C=O) groups excluding carboxylic acids is 1. The van der Waals surface area contributed by atoms with Gasteiger partial charge in [0.1, 0.15) is 5.49 Å². The van der Waals surface area contributed by atoms with E-state index in [1.807, 2.05) is 48.7 Å². The Labute approximate surface area is 160 Å². The lowest BCUT2D eigenvalue weighted by Crippen LogP contribution is -2.36. The van der Waals surface area contributed by atoms with Crippen molar-refractivity contribution in [2.45, 2.75) is 38.1 Å². The molecule has 0 atom stereocenters. The maximum absolute atomic E-state index is 13.1. The monoisotopic (exact) mass is 365 g/mol. The second kappa shape index (κ2) is 8.53. The minimum absolute atomic E-state index is 0.0290. The van der Waals surface area contributed by atoms with Gasteiger partial charge >= 0.3 is 0 Å². The molecule has 1 aromatic carbocycles. The Kier molecular flexibility index (Phi) is 5.68. The number of benzene rings is 1. The van der Waals surface area contributed by atoms with Gasteiger partial charge in [-0.25, -0.2) is 0 Å². The van der Waals surface area contributed by atoms with Crippen LogP contribution in [0.5, 0.6) is 0 Å². The molecule has 0 bridgehead atoms. The lowest BCUT2D eigenvalue weighted by atomic mass is 9.96. The first-order valence-electron chi connectivity index (χ1n) is 10.0. The predicted molar refractivity (Wildman–Crippen MR) is 106 cm³/mol. The summed E-state index contributed by atoms with van der Waals surface area (Å²) in [5.74, 6) is -0.0290. The van der Waals surface area contributed by atoms with Gasteiger partial charge in [0.05, 0.1) is 19.3 Å². The summed E-state index contributed by atoms with van der Waals surface area (Å²) in [4.78, 5) is 20.2. The van der Waals surface area contributed by atoms with Gasteiger partial charge in [0, 0.05) is 30.5 Å². The first-order chi connectivity index (χ1) is 13.3. The van der Waals surface area contributed by atoms with Crippen LogP contribution in [0.2, 0.25) is 0 Å². The lowest BCUT2D eigenvalue weighted by Gasteiger charge is -2.28. The number of hydrogen-bond acceptors (Lipinski definition) is 4. The van der Waals surface area contributed by atoms with Crippen LogP contribution in [0.1, 0.15) is 42.5 Å². The van der Waals surface area contributed by atoms with Crippen molar-refractivity contribution in [3.8, 4) is 0 Å². The number of nitrogens with zero attached hydrogens (tertiary/aromatic N) is 3. The van der Waals surface area contributed by atoms with Gasteiger partial charge in [-0.3, -0.25) is 14.4 Å². The van der Waals surface area contributed by atoms with Crippen molar-refractivity contribution in [2.75, 3.05) is 31.2 Å². The molecular weight excluding hydrogens is 338 g/mol. The topological polar surface area (TPSA) is 46.8 Å². The van der Waals surface area contributed by atoms with Gasteiger partial charge in [-0.15, -0.1) is 0 Å². The molecule has 0 amide bonds. The molecule has 2 fully saturated rings. The lowest BCUT2D eigenvalue weighted by molar-refractivity contribution is 0.0954. The summed E-state index contributed by atoms with van der Waals surface area (Å²) in [5.41, 5.74) is 2.58. The van der Waals surface area contributed by atoms with Crippen LogP contribution in [0, 0.1) is 0 Å². The first kappa shape index (κ1) is 18.0. The van der Waals surface area contributed by atoms with Crippen LogP contribution in [0.3, 0.4) is 0 Å². The SMILES string of the molecule is O=C(c1ccc(N2CCOCC2)cc1)n1ccccc1=NC1CCCCC1. The van der Waals surface area contributed by atoms with E-state index in [4.69, 9.17) is 9.73 Å². The van der Waals surface area contributed by atoms with Crippen LogP contribution >= 0.6 is 0 Å². The molecule has 0 spiro atoms. The standard InChI is InChI=1S/C22H27N3O2/c26-22(18-9-11-20(12-10-18)24-14-16-27-17-15-24)25-13-5-4-8-21(25)23-19-6-2-1-3-7-19/h4-5,8-13,19H,1-3,6-7,14-17H2. The summed E-state index contributed by atoms with van der Waals surface area (Å²) in [6.45, 7) is 3.30. The van der Waals surface area contributed by atoms with Gasteiger partial charge in [0.2, 0.25) is 0 Å². The summed E-state index contributed by atoms with van der Waals surface area (Å²) in [6, 6.07) is 14.0. The second-order valence-corrected chi connectivity index (χ2v) is 7.30. The van der Waals surface area contributed by atoms with Crippen molar-refractivity contribution in [3.05, 3.63) is 59.7 Å². The first-order valence-corrected chi connectivity index (χ1v) is 10.0. The van der Waals surface area contributed by atoms with Crippen molar-refractivity contribution in [1.82, 2.24) is 4.57 Å². The zero-order chi connectivity index (χ0) is 18.5. The van der Waals surface area contributed by atoms with Gasteiger partial charge < -0.3 is 9.64 Å². The third-order valence-corrected chi connectivity index (χ3v) is 5.44. The van der Waals surface area contributed by atoms with Crippen molar-refractivity contribution < 1.29 is 9.53 Å². The normalized spacial score (nSPS) is 19.3. The Morgan fingerprint density at radius 1 is 0.963 bits per heavy atom. The summed E-state index contributed by atoms with van der Waals surface area (Å²) < 4.78 is 7.09. The van der Waals surface area contributed by atoms with Gasteiger partial charge in [-0.2, -0.15) is 0 Å². The maximum Gasteiger partial charge on any atom is 0.263 e. The minimum Gasteiger partial charge on any atom is -0.378 e. The third-order valence-electron chi connectivity index (χ3n) is 5.44. The average Bonchev–Trinajstić information content (AvgIpc) is 2.75. The van der Waals surface area contributed by atoms with E-state index in [0.717, 1.165) is 50.3 Å². The largest absolute Gasteiger partial charge is 0.378 e. The molecule has 5 heteroatoms. The molecule has 0 unspecified atom stereocenters. The van der Waals surface area contributed by atoms with Gasteiger partial charge in [-0.05, 0) is 49.2 Å². The number of rotatable bonds is 3. The van der Waals surface area contributed by atoms with Crippen molar-refractivity contribution in [3.63, 3.8) is 0 Å². The van der Waals surface area contributed by atoms with Gasteiger partial charge in [0.15, 0.2) is 0 Å². The number of anilines is 1. The van der Waals surface area contributed by atoms with E-state index in [-0.39, 0.29) is 5.91 Å². The van der Waals surface area contributed by atoms with E-state index in [0.29, 0.717) is 11.6 Å². The smallest absolute Gasteiger partial charge is 0.263 e. The molecule has 1 saturated heterocycles. The average molecular weight is 365 g/mol. The zero-order valence-corrected chi connectivity index (χ0v) is 15.7. The minimum atomic E-state index is -0.0290. The van der Waals surface area contributed by atoms with E-state index in [1.165, 1.54) is 19.3 Å². The summed E-state index contributed by atoms with van der Waals surface area (Å²) >= 11 is 0. The van der Waals surface area contributed by atoms with E-state index < -0.39 is 0 Å². The van der Waals surface area contributed by atoms with Crippen LogP contribution in [0.25, 0.3) is 0 Å². The van der Waals surface area contributed by atoms with Crippen molar-refractivity contribution in [1.29, 1.82) is 0 Å². The van der Waals surface area contributed by atoms with Crippen LogP contribution < -0.4 is 10.4 Å². The molecule has 142 valence electrons. The summed E-state index contributed by atoms with van der Waals surface area (Å²) in [7, 11) is 0. The van der Waals surface area contributed by atoms with Crippen molar-refractivity contribution in [2.24, 2.45) is 4.99 Å². The molecule has 1 saturated carbocycles. The molecule has 2 aromatic rings. The van der Waals surface area contributed by atoms with Gasteiger partial charge in [-0.1, -0.05) is 25.3 Å². The van der Waals surface area contributed by atoms with Crippen molar-refractivity contribution >= 4 is 11.6 Å². The summed E-state index contributed by atoms with van der Waals surface area (Å²) in [5, 5.41) is 0. The fourth-order valence-corrected chi connectivity index (χ4v) is 3.88. The molecule has 1 aliphatic heterocycles. The Bertz CT molecular complexity index is 829. The van der Waals surface area contributed by atoms with E-state index >= 15 is 0 Å². The molecule has 2 aliphatic rings. The number of aromatic nitrogens is 1. The summed E-state index contributed by atoms with van der Waals surface area (Å²) in [6.07, 6.45) is 7.83. The van der Waals surface area contributed by atoms with Gasteiger partial charge in [0.25, 0.3) is 5.91 Å². The quantitative estimate of drug-likeness (QED) is 0.839. The molecule has 1 aromatic heterocycles. The van der Waals surface area contributed by atoms with Crippen LogP contribution in [-0.4, -0.2) is 42.8 Å². The highest BCUT2D eigenvalue weighted by Crippen LogP contribution is 2.20. The number of hydrogen-bond donors (Lipinski definition) is 0. The highest BCUT2D eigenvalue weighted by atomic mass is 16.5. The molecule has 0 radical (unpaired) electrons. The highest BCUT2D eigenvalue weighted by Gasteiger charge is 2.15. The van der Waals surface area contributed by atoms with E-state index in [2.05, 4.69) is 4.90 Å². The third kappa shape index (κ3) is 4.30. The van der Waals surface area contributed by atoms with E-state index in [9.17, 15) is 4.79 Å². The fourth-order valence-electron chi connectivity index (χ4n) is 3.88. The molecule has 1 aliphatic carbocycles.